The van der Waals surface area contributed by atoms with E-state index in [2.05, 4.69) is 22.1 Å². The van der Waals surface area contributed by atoms with Crippen LogP contribution in [0.2, 0.25) is 0 Å². The first kappa shape index (κ1) is 34.6. The number of anilines is 1. The molecular weight excluding hydrogens is 644 g/mol. The van der Waals surface area contributed by atoms with Crippen LogP contribution in [0, 0.1) is 5.92 Å². The summed E-state index contributed by atoms with van der Waals surface area (Å²) in [5.74, 6) is -0.189. The standard InChI is InChI=1S/C41H44N4O6/c1-26-37(24-44-20-18-34(19-21-44)45-36-9-4-3-8-35(36)43-41(45)49)50-40(51-39(26)30-14-12-29(25-46)13-15-30)31-16-10-28(11-17-31)22-38(48)42-33-7-5-6-32(23-33)27(2)47/h3-17,23,26,34,37,39-40,46H,18-22,24-25H2,1-2H3,(H,42,48)(H,43,49)/t26-,37+,39+,40?/m0/s1. The summed E-state index contributed by atoms with van der Waals surface area (Å²) in [6.07, 6.45) is 0.929. The van der Waals surface area contributed by atoms with E-state index in [9.17, 15) is 19.5 Å². The molecule has 2 fully saturated rings. The number of aliphatic hydroxyl groups is 1. The number of fused-ring (bicyclic) bond motifs is 1. The fourth-order valence-electron chi connectivity index (χ4n) is 7.38. The first-order valence-corrected chi connectivity index (χ1v) is 17.7. The molecule has 0 spiro atoms. The van der Waals surface area contributed by atoms with Gasteiger partial charge in [0.25, 0.3) is 0 Å². The average Bonchev–Trinajstić information content (AvgIpc) is 3.48. The number of benzene rings is 4. The van der Waals surface area contributed by atoms with E-state index in [1.165, 1.54) is 6.92 Å². The summed E-state index contributed by atoms with van der Waals surface area (Å²) >= 11 is 0. The molecule has 3 heterocycles. The summed E-state index contributed by atoms with van der Waals surface area (Å²) in [4.78, 5) is 42.9. The molecule has 2 aliphatic rings. The van der Waals surface area contributed by atoms with E-state index in [1.54, 1.807) is 24.3 Å². The lowest BCUT2D eigenvalue weighted by Gasteiger charge is -2.44. The van der Waals surface area contributed by atoms with Gasteiger partial charge in [0.05, 0.1) is 36.3 Å². The zero-order valence-electron chi connectivity index (χ0n) is 29.0. The van der Waals surface area contributed by atoms with Crippen LogP contribution in [0.4, 0.5) is 5.69 Å². The van der Waals surface area contributed by atoms with Gasteiger partial charge in [-0.2, -0.15) is 0 Å². The number of imidazole rings is 1. The summed E-state index contributed by atoms with van der Waals surface area (Å²) < 4.78 is 15.3. The number of carbonyl (C=O) groups excluding carboxylic acids is 2. The number of H-pyrrole nitrogens is 1. The zero-order chi connectivity index (χ0) is 35.5. The topological polar surface area (TPSA) is 126 Å². The van der Waals surface area contributed by atoms with E-state index in [0.717, 1.165) is 65.8 Å². The van der Waals surface area contributed by atoms with E-state index in [4.69, 9.17) is 9.47 Å². The minimum absolute atomic E-state index is 0.0223. The first-order valence-electron chi connectivity index (χ1n) is 17.7. The number of hydrogen-bond acceptors (Lipinski definition) is 7. The highest BCUT2D eigenvalue weighted by Gasteiger charge is 2.39. The summed E-state index contributed by atoms with van der Waals surface area (Å²) in [5.41, 5.74) is 6.46. The minimum atomic E-state index is -0.617. The van der Waals surface area contributed by atoms with Crippen LogP contribution >= 0.6 is 0 Å². The van der Waals surface area contributed by atoms with Crippen molar-refractivity contribution in [2.45, 2.75) is 64.3 Å². The first-order chi connectivity index (χ1) is 24.7. The van der Waals surface area contributed by atoms with Crippen molar-refractivity contribution in [2.24, 2.45) is 5.92 Å². The van der Waals surface area contributed by atoms with Gasteiger partial charge in [-0.05, 0) is 60.7 Å². The van der Waals surface area contributed by atoms with Crippen LogP contribution < -0.4 is 11.0 Å². The van der Waals surface area contributed by atoms with Crippen LogP contribution in [0.1, 0.15) is 77.7 Å². The minimum Gasteiger partial charge on any atom is -0.392 e. The number of carbonyl (C=O) groups is 2. The van der Waals surface area contributed by atoms with Gasteiger partial charge >= 0.3 is 5.69 Å². The van der Waals surface area contributed by atoms with Crippen molar-refractivity contribution in [1.29, 1.82) is 0 Å². The average molecular weight is 689 g/mol. The van der Waals surface area contributed by atoms with Crippen LogP contribution in [0.3, 0.4) is 0 Å². The molecule has 10 nitrogen and oxygen atoms in total. The van der Waals surface area contributed by atoms with Gasteiger partial charge in [-0.1, -0.05) is 79.7 Å². The highest BCUT2D eigenvalue weighted by molar-refractivity contribution is 5.97. The van der Waals surface area contributed by atoms with Crippen LogP contribution in [0.25, 0.3) is 11.0 Å². The number of ketones is 1. The SMILES string of the molecule is CC(=O)c1cccc(NC(=O)Cc2ccc(C3O[C@H](CN4CCC(n5c(=O)[nH]c6ccccc65)CC4)[C@H](C)[C@H](c4ccc(CO)cc4)O3)cc2)c1. The molecule has 0 saturated carbocycles. The van der Waals surface area contributed by atoms with E-state index in [0.29, 0.717) is 11.3 Å². The number of hydrogen-bond donors (Lipinski definition) is 3. The van der Waals surface area contributed by atoms with Crippen molar-refractivity contribution in [1.82, 2.24) is 14.5 Å². The van der Waals surface area contributed by atoms with E-state index >= 15 is 0 Å². The molecule has 1 amide bonds. The number of amides is 1. The molecule has 10 heteroatoms. The van der Waals surface area contributed by atoms with Crippen LogP contribution in [-0.4, -0.2) is 57.0 Å². The fraction of sp³-hybridized carbons (Fsp3) is 0.341. The third-order valence-corrected chi connectivity index (χ3v) is 10.3. The number of ether oxygens (including phenoxy) is 2. The Bertz CT molecular complexity index is 2050. The highest BCUT2D eigenvalue weighted by atomic mass is 16.7. The van der Waals surface area contributed by atoms with Gasteiger partial charge in [0.1, 0.15) is 0 Å². The maximum atomic E-state index is 12.9. The largest absolute Gasteiger partial charge is 0.392 e. The Morgan fingerprint density at radius 2 is 1.59 bits per heavy atom. The van der Waals surface area contributed by atoms with Gasteiger partial charge in [0, 0.05) is 48.4 Å². The lowest BCUT2D eigenvalue weighted by molar-refractivity contribution is -0.276. The Hall–Kier alpha value is -4.87. The number of aromatic amines is 1. The number of aliphatic hydroxyl groups excluding tert-OH is 1. The van der Waals surface area contributed by atoms with Gasteiger partial charge in [-0.15, -0.1) is 0 Å². The number of rotatable bonds is 10. The Labute approximate surface area is 297 Å². The lowest BCUT2D eigenvalue weighted by Crippen LogP contribution is -2.47. The van der Waals surface area contributed by atoms with Crippen molar-refractivity contribution in [2.75, 3.05) is 25.0 Å². The van der Waals surface area contributed by atoms with Gasteiger partial charge in [0.15, 0.2) is 12.1 Å². The van der Waals surface area contributed by atoms with Crippen LogP contribution in [0.15, 0.2) is 102 Å². The summed E-state index contributed by atoms with van der Waals surface area (Å²) in [6, 6.07) is 30.6. The molecule has 2 aliphatic heterocycles. The maximum absolute atomic E-state index is 12.9. The quantitative estimate of drug-likeness (QED) is 0.146. The molecule has 2 saturated heterocycles. The highest BCUT2D eigenvalue weighted by Crippen LogP contribution is 2.42. The molecule has 3 N–H and O–H groups in total. The molecule has 264 valence electrons. The van der Waals surface area contributed by atoms with E-state index in [-0.39, 0.29) is 54.6 Å². The molecular formula is C41H44N4O6. The third kappa shape index (κ3) is 7.74. The summed E-state index contributed by atoms with van der Waals surface area (Å²) in [5, 5.41) is 12.5. The molecule has 51 heavy (non-hydrogen) atoms. The van der Waals surface area contributed by atoms with Crippen molar-refractivity contribution in [3.05, 3.63) is 135 Å². The number of nitrogens with one attached hydrogen (secondary N) is 2. The zero-order valence-corrected chi connectivity index (χ0v) is 29.0. The lowest BCUT2D eigenvalue weighted by atomic mass is 9.89. The normalized spacial score (nSPS) is 21.5. The molecule has 5 aromatic rings. The van der Waals surface area contributed by atoms with Crippen molar-refractivity contribution >= 4 is 28.4 Å². The third-order valence-electron chi connectivity index (χ3n) is 10.3. The monoisotopic (exact) mass is 688 g/mol. The molecule has 0 bridgehead atoms. The van der Waals surface area contributed by atoms with Gasteiger partial charge < -0.3 is 29.8 Å². The molecule has 1 aromatic heterocycles. The fourth-order valence-corrected chi connectivity index (χ4v) is 7.38. The second-order valence-corrected chi connectivity index (χ2v) is 13.8. The van der Waals surface area contributed by atoms with Crippen molar-refractivity contribution < 1.29 is 24.2 Å². The van der Waals surface area contributed by atoms with Crippen LogP contribution in [0.5, 0.6) is 0 Å². The number of Topliss-reactive ketones (excluding diaryl/α,β-unsaturated/α-hetero) is 1. The van der Waals surface area contributed by atoms with E-state index < -0.39 is 6.29 Å². The molecule has 4 atom stereocenters. The number of piperidine rings is 1. The molecule has 1 unspecified atom stereocenters. The predicted octanol–water partition coefficient (Wildman–Crippen LogP) is 6.33. The van der Waals surface area contributed by atoms with Gasteiger partial charge in [-0.3, -0.25) is 14.2 Å². The molecule has 0 radical (unpaired) electrons. The Morgan fingerprint density at radius 3 is 2.31 bits per heavy atom. The number of nitrogens with zero attached hydrogens (tertiary/aromatic N) is 2. The maximum Gasteiger partial charge on any atom is 0.326 e. The number of aromatic nitrogens is 2. The Kier molecular flexibility index (Phi) is 10.3. The van der Waals surface area contributed by atoms with E-state index in [1.807, 2.05) is 77.4 Å². The Balaban J connectivity index is 1.04. The number of para-hydroxylation sites is 2. The summed E-state index contributed by atoms with van der Waals surface area (Å²) in [7, 11) is 0. The van der Waals surface area contributed by atoms with Gasteiger partial charge in [-0.25, -0.2) is 4.79 Å². The van der Waals surface area contributed by atoms with Crippen LogP contribution in [-0.2, 0) is 27.3 Å². The molecule has 0 aliphatic carbocycles. The molecule has 7 rings (SSSR count). The smallest absolute Gasteiger partial charge is 0.326 e. The second kappa shape index (κ2) is 15.2. The Morgan fingerprint density at radius 1 is 0.882 bits per heavy atom. The van der Waals surface area contributed by atoms with Crippen molar-refractivity contribution in [3.63, 3.8) is 0 Å². The second-order valence-electron chi connectivity index (χ2n) is 13.8. The molecule has 4 aromatic carbocycles. The predicted molar refractivity (Wildman–Crippen MR) is 195 cm³/mol. The van der Waals surface area contributed by atoms with Gasteiger partial charge in [0.2, 0.25) is 5.91 Å². The summed E-state index contributed by atoms with van der Waals surface area (Å²) in [6.45, 7) is 6.06. The number of likely N-dealkylation sites (tertiary alicyclic amines) is 1. The van der Waals surface area contributed by atoms with Crippen molar-refractivity contribution in [3.8, 4) is 0 Å².